The van der Waals surface area contributed by atoms with Crippen LogP contribution in [-0.2, 0) is 11.2 Å². The summed E-state index contributed by atoms with van der Waals surface area (Å²) in [7, 11) is 3.20. The van der Waals surface area contributed by atoms with Gasteiger partial charge in [-0.15, -0.1) is 0 Å². The van der Waals surface area contributed by atoms with Gasteiger partial charge in [-0.25, -0.2) is 4.79 Å². The molecule has 0 radical (unpaired) electrons. The summed E-state index contributed by atoms with van der Waals surface area (Å²) in [6.45, 7) is 2.00. The maximum Gasteiger partial charge on any atom is 0.327 e. The van der Waals surface area contributed by atoms with E-state index in [4.69, 9.17) is 14.6 Å². The summed E-state index contributed by atoms with van der Waals surface area (Å²) >= 11 is 0. The van der Waals surface area contributed by atoms with Crippen LogP contribution in [0.2, 0.25) is 0 Å². The van der Waals surface area contributed by atoms with Crippen molar-refractivity contribution in [1.82, 2.24) is 0 Å². The summed E-state index contributed by atoms with van der Waals surface area (Å²) in [5, 5.41) is 8.49. The maximum absolute atomic E-state index is 10.3. The van der Waals surface area contributed by atoms with Crippen LogP contribution in [-0.4, -0.2) is 25.3 Å². The Kier molecular flexibility index (Phi) is 5.24. The zero-order valence-electron chi connectivity index (χ0n) is 10.9. The molecule has 1 rings (SSSR count). The molecule has 0 aliphatic carbocycles. The molecule has 0 saturated heterocycles. The van der Waals surface area contributed by atoms with Crippen molar-refractivity contribution >= 4 is 5.97 Å². The van der Waals surface area contributed by atoms with Gasteiger partial charge in [-0.2, -0.15) is 0 Å². The van der Waals surface area contributed by atoms with Crippen LogP contribution >= 0.6 is 0 Å². The molecule has 1 N–H and O–H groups in total. The van der Waals surface area contributed by atoms with Crippen molar-refractivity contribution in [2.45, 2.75) is 19.8 Å². The third-order valence-corrected chi connectivity index (χ3v) is 2.68. The number of benzene rings is 1. The van der Waals surface area contributed by atoms with E-state index in [2.05, 4.69) is 0 Å². The average molecular weight is 250 g/mol. The molecular weight excluding hydrogens is 232 g/mol. The molecule has 18 heavy (non-hydrogen) atoms. The second-order valence-corrected chi connectivity index (χ2v) is 3.91. The predicted octanol–water partition coefficient (Wildman–Crippen LogP) is 2.59. The Labute approximate surface area is 107 Å². The van der Waals surface area contributed by atoms with Crippen LogP contribution in [0, 0.1) is 6.92 Å². The Bertz CT molecular complexity index is 449. The fourth-order valence-corrected chi connectivity index (χ4v) is 1.72. The lowest BCUT2D eigenvalue weighted by molar-refractivity contribution is -0.131. The molecule has 0 spiro atoms. The largest absolute Gasteiger partial charge is 0.493 e. The number of hydrogen-bond acceptors (Lipinski definition) is 3. The van der Waals surface area contributed by atoms with Gasteiger partial charge in [0.2, 0.25) is 0 Å². The molecule has 98 valence electrons. The molecule has 0 aliphatic rings. The number of methoxy groups -OCH3 is 2. The molecule has 0 unspecified atom stereocenters. The molecular formula is C14H18O4. The zero-order valence-corrected chi connectivity index (χ0v) is 10.9. The van der Waals surface area contributed by atoms with E-state index in [1.54, 1.807) is 20.3 Å². The lowest BCUT2D eigenvalue weighted by atomic mass is 10.0. The minimum absolute atomic E-state index is 0.683. The molecule has 0 aromatic heterocycles. The standard InChI is InChI=1S/C14H18O4/c1-10-8-12(17-2)13(18-3)9-11(10)6-4-5-7-14(15)16/h5,7-9H,4,6H2,1-3H3,(H,15,16)/b7-5+. The van der Waals surface area contributed by atoms with Gasteiger partial charge < -0.3 is 14.6 Å². The summed E-state index contributed by atoms with van der Waals surface area (Å²) in [6, 6.07) is 3.86. The minimum Gasteiger partial charge on any atom is -0.493 e. The Hall–Kier alpha value is -1.97. The normalized spacial score (nSPS) is 10.6. The van der Waals surface area contributed by atoms with Crippen LogP contribution < -0.4 is 9.47 Å². The summed E-state index contributed by atoms with van der Waals surface area (Å²) in [5.41, 5.74) is 2.24. The molecule has 0 bridgehead atoms. The molecule has 4 heteroatoms. The van der Waals surface area contributed by atoms with Crippen LogP contribution in [0.5, 0.6) is 11.5 Å². The summed E-state index contributed by atoms with van der Waals surface area (Å²) in [4.78, 5) is 10.3. The van der Waals surface area contributed by atoms with Gasteiger partial charge in [0.25, 0.3) is 0 Å². The molecule has 0 fully saturated rings. The number of aliphatic carboxylic acids is 1. The van der Waals surface area contributed by atoms with Crippen molar-refractivity contribution in [3.63, 3.8) is 0 Å². The number of carboxylic acid groups (broad SMARTS) is 1. The van der Waals surface area contributed by atoms with Crippen molar-refractivity contribution in [3.8, 4) is 11.5 Å². The molecule has 0 saturated carbocycles. The van der Waals surface area contributed by atoms with Gasteiger partial charge >= 0.3 is 5.97 Å². The quantitative estimate of drug-likeness (QED) is 0.788. The number of carboxylic acids is 1. The Morgan fingerprint density at radius 3 is 2.44 bits per heavy atom. The summed E-state index contributed by atoms with van der Waals surface area (Å²) in [5.74, 6) is 0.485. The first-order valence-corrected chi connectivity index (χ1v) is 5.69. The second kappa shape index (κ2) is 6.69. The van der Waals surface area contributed by atoms with Gasteiger partial charge in [0, 0.05) is 6.08 Å². The zero-order chi connectivity index (χ0) is 13.5. The van der Waals surface area contributed by atoms with Crippen molar-refractivity contribution in [3.05, 3.63) is 35.4 Å². The summed E-state index contributed by atoms with van der Waals surface area (Å²) < 4.78 is 10.5. The molecule has 0 atom stereocenters. The van der Waals surface area contributed by atoms with Gasteiger partial charge in [-0.3, -0.25) is 0 Å². The van der Waals surface area contributed by atoms with Gasteiger partial charge in [-0.05, 0) is 43.0 Å². The van der Waals surface area contributed by atoms with Crippen molar-refractivity contribution in [1.29, 1.82) is 0 Å². The highest BCUT2D eigenvalue weighted by molar-refractivity contribution is 5.79. The lowest BCUT2D eigenvalue weighted by Crippen LogP contribution is -1.96. The SMILES string of the molecule is COc1cc(C)c(CC/C=C/C(=O)O)cc1OC. The lowest BCUT2D eigenvalue weighted by Gasteiger charge is -2.12. The van der Waals surface area contributed by atoms with Crippen molar-refractivity contribution in [2.24, 2.45) is 0 Å². The van der Waals surface area contributed by atoms with Crippen LogP contribution in [0.3, 0.4) is 0 Å². The van der Waals surface area contributed by atoms with Crippen molar-refractivity contribution in [2.75, 3.05) is 14.2 Å². The highest BCUT2D eigenvalue weighted by atomic mass is 16.5. The third-order valence-electron chi connectivity index (χ3n) is 2.68. The fourth-order valence-electron chi connectivity index (χ4n) is 1.72. The second-order valence-electron chi connectivity index (χ2n) is 3.91. The van der Waals surface area contributed by atoms with Gasteiger partial charge in [-0.1, -0.05) is 6.08 Å². The summed E-state index contributed by atoms with van der Waals surface area (Å²) in [6.07, 6.45) is 4.27. The van der Waals surface area contributed by atoms with Gasteiger partial charge in [0.15, 0.2) is 11.5 Å². The number of rotatable bonds is 6. The molecule has 0 aliphatic heterocycles. The molecule has 4 nitrogen and oxygen atoms in total. The van der Waals surface area contributed by atoms with Crippen LogP contribution in [0.25, 0.3) is 0 Å². The maximum atomic E-state index is 10.3. The third kappa shape index (κ3) is 3.80. The molecule has 0 heterocycles. The first kappa shape index (κ1) is 14.1. The highest BCUT2D eigenvalue weighted by Gasteiger charge is 2.07. The topological polar surface area (TPSA) is 55.8 Å². The Morgan fingerprint density at radius 1 is 1.28 bits per heavy atom. The molecule has 1 aromatic carbocycles. The predicted molar refractivity (Wildman–Crippen MR) is 69.4 cm³/mol. The van der Waals surface area contributed by atoms with Crippen LogP contribution in [0.15, 0.2) is 24.3 Å². The first-order chi connectivity index (χ1) is 8.58. The van der Waals surface area contributed by atoms with Crippen LogP contribution in [0.4, 0.5) is 0 Å². The van der Waals surface area contributed by atoms with E-state index in [9.17, 15) is 4.79 Å². The van der Waals surface area contributed by atoms with E-state index in [1.165, 1.54) is 0 Å². The number of ether oxygens (including phenoxy) is 2. The van der Waals surface area contributed by atoms with E-state index in [0.717, 1.165) is 23.6 Å². The minimum atomic E-state index is -0.918. The smallest absolute Gasteiger partial charge is 0.327 e. The number of aryl methyl sites for hydroxylation is 2. The Morgan fingerprint density at radius 2 is 1.89 bits per heavy atom. The van der Waals surface area contributed by atoms with E-state index >= 15 is 0 Å². The number of hydrogen-bond donors (Lipinski definition) is 1. The van der Waals surface area contributed by atoms with Gasteiger partial charge in [0.1, 0.15) is 0 Å². The average Bonchev–Trinajstić information content (AvgIpc) is 2.35. The van der Waals surface area contributed by atoms with E-state index in [-0.39, 0.29) is 0 Å². The van der Waals surface area contributed by atoms with Crippen molar-refractivity contribution < 1.29 is 19.4 Å². The van der Waals surface area contributed by atoms with E-state index in [1.807, 2.05) is 19.1 Å². The fraction of sp³-hybridized carbons (Fsp3) is 0.357. The monoisotopic (exact) mass is 250 g/mol. The molecule has 0 amide bonds. The van der Waals surface area contributed by atoms with Crippen LogP contribution in [0.1, 0.15) is 17.5 Å². The Balaban J connectivity index is 2.80. The van der Waals surface area contributed by atoms with E-state index < -0.39 is 5.97 Å². The molecule has 1 aromatic rings. The highest BCUT2D eigenvalue weighted by Crippen LogP contribution is 2.30. The number of allylic oxidation sites excluding steroid dienone is 1. The first-order valence-electron chi connectivity index (χ1n) is 5.69. The van der Waals surface area contributed by atoms with Gasteiger partial charge in [0.05, 0.1) is 14.2 Å². The van der Waals surface area contributed by atoms with E-state index in [0.29, 0.717) is 17.9 Å². The number of carbonyl (C=O) groups is 1.